The molecular formula is C17H26O4. The lowest BCUT2D eigenvalue weighted by atomic mass is 10.0. The van der Waals surface area contributed by atoms with Crippen LogP contribution in [0.15, 0.2) is 24.3 Å². The Bertz CT molecular complexity index is 400. The summed E-state index contributed by atoms with van der Waals surface area (Å²) in [7, 11) is 1.66. The highest BCUT2D eigenvalue weighted by Gasteiger charge is 2.12. The Labute approximate surface area is 127 Å². The van der Waals surface area contributed by atoms with Crippen molar-refractivity contribution in [2.24, 2.45) is 5.92 Å². The van der Waals surface area contributed by atoms with Gasteiger partial charge in [-0.05, 0) is 37.5 Å². The molecule has 0 N–H and O–H groups in total. The van der Waals surface area contributed by atoms with Crippen molar-refractivity contribution in [2.75, 3.05) is 20.3 Å². The molecule has 1 atom stereocenters. The van der Waals surface area contributed by atoms with Crippen LogP contribution in [0.3, 0.4) is 0 Å². The third-order valence-corrected chi connectivity index (χ3v) is 3.29. The quantitative estimate of drug-likeness (QED) is 0.489. The number of ether oxygens (including phenoxy) is 3. The molecule has 1 unspecified atom stereocenters. The molecule has 0 fully saturated rings. The van der Waals surface area contributed by atoms with Crippen LogP contribution in [0.4, 0.5) is 0 Å². The molecule has 0 bridgehead atoms. The summed E-state index contributed by atoms with van der Waals surface area (Å²) in [6, 6.07) is 7.86. The maximum atomic E-state index is 11.4. The number of hydrogen-bond donors (Lipinski definition) is 0. The van der Waals surface area contributed by atoms with Crippen LogP contribution in [0.2, 0.25) is 0 Å². The summed E-state index contributed by atoms with van der Waals surface area (Å²) in [6.07, 6.45) is 2.78. The second-order valence-electron chi connectivity index (χ2n) is 5.05. The number of benzene rings is 1. The highest BCUT2D eigenvalue weighted by Crippen LogP contribution is 2.13. The van der Waals surface area contributed by atoms with E-state index in [1.54, 1.807) is 7.11 Å². The molecule has 0 heterocycles. The van der Waals surface area contributed by atoms with E-state index in [1.807, 2.05) is 38.1 Å². The topological polar surface area (TPSA) is 44.8 Å². The van der Waals surface area contributed by atoms with Crippen LogP contribution >= 0.6 is 0 Å². The molecule has 0 aliphatic heterocycles. The summed E-state index contributed by atoms with van der Waals surface area (Å²) in [6.45, 7) is 5.51. The second-order valence-corrected chi connectivity index (χ2v) is 5.05. The standard InChI is InChI=1S/C17H26O4/c1-4-21-17(18)14(2)7-5-6-12-20-13-15-8-10-16(19-3)11-9-15/h8-11,14H,4-7,12-13H2,1-3H3. The van der Waals surface area contributed by atoms with Gasteiger partial charge in [0.25, 0.3) is 0 Å². The molecule has 118 valence electrons. The van der Waals surface area contributed by atoms with Crippen molar-refractivity contribution in [3.63, 3.8) is 0 Å². The number of carbonyl (C=O) groups excluding carboxylic acids is 1. The van der Waals surface area contributed by atoms with E-state index in [0.29, 0.717) is 19.8 Å². The lowest BCUT2D eigenvalue weighted by molar-refractivity contribution is -0.147. The largest absolute Gasteiger partial charge is 0.497 e. The van der Waals surface area contributed by atoms with Crippen molar-refractivity contribution in [1.29, 1.82) is 0 Å². The monoisotopic (exact) mass is 294 g/mol. The van der Waals surface area contributed by atoms with Crippen molar-refractivity contribution in [3.05, 3.63) is 29.8 Å². The summed E-state index contributed by atoms with van der Waals surface area (Å²) in [5.74, 6) is 0.731. The molecule has 0 aromatic heterocycles. The van der Waals surface area contributed by atoms with E-state index in [0.717, 1.165) is 30.6 Å². The minimum absolute atomic E-state index is 0.0217. The van der Waals surface area contributed by atoms with Gasteiger partial charge in [-0.25, -0.2) is 0 Å². The first kappa shape index (κ1) is 17.5. The Morgan fingerprint density at radius 3 is 2.52 bits per heavy atom. The Hall–Kier alpha value is -1.55. The van der Waals surface area contributed by atoms with E-state index in [4.69, 9.17) is 14.2 Å². The van der Waals surface area contributed by atoms with Crippen LogP contribution in [-0.2, 0) is 20.9 Å². The molecule has 0 aliphatic rings. The van der Waals surface area contributed by atoms with Gasteiger partial charge in [0.1, 0.15) is 5.75 Å². The molecule has 1 aromatic carbocycles. The van der Waals surface area contributed by atoms with Gasteiger partial charge in [-0.15, -0.1) is 0 Å². The maximum Gasteiger partial charge on any atom is 0.308 e. The highest BCUT2D eigenvalue weighted by molar-refractivity contribution is 5.71. The molecule has 0 radical (unpaired) electrons. The van der Waals surface area contributed by atoms with Crippen LogP contribution in [0.25, 0.3) is 0 Å². The third-order valence-electron chi connectivity index (χ3n) is 3.29. The lowest BCUT2D eigenvalue weighted by Gasteiger charge is -2.10. The summed E-state index contributed by atoms with van der Waals surface area (Å²) in [5, 5.41) is 0. The van der Waals surface area contributed by atoms with Gasteiger partial charge in [-0.2, -0.15) is 0 Å². The number of carbonyl (C=O) groups is 1. The molecule has 1 rings (SSSR count). The van der Waals surface area contributed by atoms with Gasteiger partial charge in [0.2, 0.25) is 0 Å². The normalized spacial score (nSPS) is 12.0. The minimum Gasteiger partial charge on any atom is -0.497 e. The molecular weight excluding hydrogens is 268 g/mol. The van der Waals surface area contributed by atoms with E-state index in [2.05, 4.69) is 0 Å². The van der Waals surface area contributed by atoms with Gasteiger partial charge in [-0.1, -0.05) is 25.5 Å². The van der Waals surface area contributed by atoms with Gasteiger partial charge in [0.05, 0.1) is 26.2 Å². The number of methoxy groups -OCH3 is 1. The maximum absolute atomic E-state index is 11.4. The van der Waals surface area contributed by atoms with Gasteiger partial charge >= 0.3 is 5.97 Å². The second kappa shape index (κ2) is 10.2. The van der Waals surface area contributed by atoms with Crippen molar-refractivity contribution in [2.45, 2.75) is 39.7 Å². The van der Waals surface area contributed by atoms with Gasteiger partial charge in [0.15, 0.2) is 0 Å². The Morgan fingerprint density at radius 2 is 1.90 bits per heavy atom. The molecule has 21 heavy (non-hydrogen) atoms. The fourth-order valence-electron chi connectivity index (χ4n) is 1.97. The zero-order chi connectivity index (χ0) is 15.5. The zero-order valence-electron chi connectivity index (χ0n) is 13.3. The zero-order valence-corrected chi connectivity index (χ0v) is 13.3. The van der Waals surface area contributed by atoms with E-state index >= 15 is 0 Å². The Morgan fingerprint density at radius 1 is 1.19 bits per heavy atom. The van der Waals surface area contributed by atoms with Crippen molar-refractivity contribution < 1.29 is 19.0 Å². The fraction of sp³-hybridized carbons (Fsp3) is 0.588. The van der Waals surface area contributed by atoms with E-state index in [1.165, 1.54) is 0 Å². The molecule has 4 heteroatoms. The molecule has 0 spiro atoms. The SMILES string of the molecule is CCOC(=O)C(C)CCCCOCc1ccc(OC)cc1. The molecule has 0 aliphatic carbocycles. The van der Waals surface area contributed by atoms with Crippen LogP contribution in [0.1, 0.15) is 38.7 Å². The molecule has 0 saturated carbocycles. The summed E-state index contributed by atoms with van der Waals surface area (Å²) < 4.78 is 15.7. The fourth-order valence-corrected chi connectivity index (χ4v) is 1.97. The number of esters is 1. The van der Waals surface area contributed by atoms with E-state index in [-0.39, 0.29) is 11.9 Å². The molecule has 1 aromatic rings. The van der Waals surface area contributed by atoms with E-state index in [9.17, 15) is 4.79 Å². The minimum atomic E-state index is -0.100. The Balaban J connectivity index is 2.07. The third kappa shape index (κ3) is 7.14. The number of hydrogen-bond acceptors (Lipinski definition) is 4. The van der Waals surface area contributed by atoms with Crippen LogP contribution in [0, 0.1) is 5.92 Å². The predicted molar refractivity (Wildman–Crippen MR) is 82.3 cm³/mol. The average Bonchev–Trinajstić information content (AvgIpc) is 2.51. The van der Waals surface area contributed by atoms with E-state index < -0.39 is 0 Å². The number of unbranched alkanes of at least 4 members (excludes halogenated alkanes) is 1. The molecule has 4 nitrogen and oxygen atoms in total. The summed E-state index contributed by atoms with van der Waals surface area (Å²) in [5.41, 5.74) is 1.13. The average molecular weight is 294 g/mol. The molecule has 0 amide bonds. The van der Waals surface area contributed by atoms with Gasteiger partial charge in [0, 0.05) is 6.61 Å². The first-order valence-electron chi connectivity index (χ1n) is 7.54. The Kier molecular flexibility index (Phi) is 8.51. The summed E-state index contributed by atoms with van der Waals surface area (Å²) in [4.78, 5) is 11.4. The van der Waals surface area contributed by atoms with Crippen LogP contribution in [-0.4, -0.2) is 26.3 Å². The van der Waals surface area contributed by atoms with Crippen LogP contribution in [0.5, 0.6) is 5.75 Å². The van der Waals surface area contributed by atoms with Crippen LogP contribution < -0.4 is 4.74 Å². The first-order valence-corrected chi connectivity index (χ1v) is 7.54. The molecule has 0 saturated heterocycles. The van der Waals surface area contributed by atoms with Gasteiger partial charge in [-0.3, -0.25) is 4.79 Å². The van der Waals surface area contributed by atoms with Crippen molar-refractivity contribution in [1.82, 2.24) is 0 Å². The summed E-state index contributed by atoms with van der Waals surface area (Å²) >= 11 is 0. The van der Waals surface area contributed by atoms with Crippen molar-refractivity contribution in [3.8, 4) is 5.75 Å². The smallest absolute Gasteiger partial charge is 0.308 e. The van der Waals surface area contributed by atoms with Crippen molar-refractivity contribution >= 4 is 5.97 Å². The lowest BCUT2D eigenvalue weighted by Crippen LogP contribution is -2.14. The predicted octanol–water partition coefficient (Wildman–Crippen LogP) is 3.58. The highest BCUT2D eigenvalue weighted by atomic mass is 16.5. The first-order chi connectivity index (χ1) is 10.2. The van der Waals surface area contributed by atoms with Gasteiger partial charge < -0.3 is 14.2 Å². The number of rotatable bonds is 10.